The van der Waals surface area contributed by atoms with Crippen LogP contribution in [0.5, 0.6) is 0 Å². The number of hydrogen-bond donors (Lipinski definition) is 1. The van der Waals surface area contributed by atoms with Crippen LogP contribution >= 0.6 is 11.6 Å². The minimum Gasteiger partial charge on any atom is -0.462 e. The molecule has 31 heavy (non-hydrogen) atoms. The van der Waals surface area contributed by atoms with Gasteiger partial charge in [-0.2, -0.15) is 0 Å². The van der Waals surface area contributed by atoms with Crippen molar-refractivity contribution in [2.45, 2.75) is 19.8 Å². The molecule has 0 bridgehead atoms. The van der Waals surface area contributed by atoms with E-state index < -0.39 is 5.97 Å². The lowest BCUT2D eigenvalue weighted by molar-refractivity contribution is -0.116. The van der Waals surface area contributed by atoms with Gasteiger partial charge in [0.1, 0.15) is 0 Å². The molecular formula is C24H21ClN2O4. The van der Waals surface area contributed by atoms with Crippen molar-refractivity contribution in [3.8, 4) is 0 Å². The average Bonchev–Trinajstić information content (AvgIpc) is 3.02. The van der Waals surface area contributed by atoms with E-state index in [0.29, 0.717) is 24.2 Å². The van der Waals surface area contributed by atoms with Gasteiger partial charge < -0.3 is 15.0 Å². The first-order valence-electron chi connectivity index (χ1n) is 10.1. The third-order valence-electron chi connectivity index (χ3n) is 5.18. The van der Waals surface area contributed by atoms with E-state index in [0.717, 1.165) is 16.5 Å². The Balaban J connectivity index is 1.35. The van der Waals surface area contributed by atoms with Crippen LogP contribution in [0.3, 0.4) is 0 Å². The Morgan fingerprint density at radius 3 is 2.61 bits per heavy atom. The molecule has 0 saturated carbocycles. The molecule has 3 aromatic rings. The summed E-state index contributed by atoms with van der Waals surface area (Å²) in [5.41, 5.74) is 2.34. The number of amides is 2. The summed E-state index contributed by atoms with van der Waals surface area (Å²) in [4.78, 5) is 38.7. The molecule has 3 aromatic carbocycles. The highest BCUT2D eigenvalue weighted by Gasteiger charge is 2.29. The van der Waals surface area contributed by atoms with Gasteiger partial charge >= 0.3 is 5.97 Å². The predicted molar refractivity (Wildman–Crippen MR) is 121 cm³/mol. The third kappa shape index (κ3) is 4.11. The predicted octanol–water partition coefficient (Wildman–Crippen LogP) is 5.05. The van der Waals surface area contributed by atoms with Gasteiger partial charge in [0.2, 0.25) is 5.91 Å². The third-order valence-corrected chi connectivity index (χ3v) is 5.50. The maximum atomic E-state index is 12.8. The van der Waals surface area contributed by atoms with Gasteiger partial charge in [0, 0.05) is 29.6 Å². The normalized spacial score (nSPS) is 12.3. The highest BCUT2D eigenvalue weighted by atomic mass is 35.5. The quantitative estimate of drug-likeness (QED) is 0.526. The van der Waals surface area contributed by atoms with Crippen LogP contribution < -0.4 is 10.2 Å². The highest BCUT2D eigenvalue weighted by molar-refractivity contribution is 6.34. The lowest BCUT2D eigenvalue weighted by Crippen LogP contribution is -2.28. The van der Waals surface area contributed by atoms with Gasteiger partial charge in [-0.05, 0) is 49.1 Å². The molecule has 1 aliphatic rings. The van der Waals surface area contributed by atoms with Gasteiger partial charge in [-0.25, -0.2) is 4.79 Å². The Kier molecular flexibility index (Phi) is 5.91. The van der Waals surface area contributed by atoms with Crippen LogP contribution in [-0.4, -0.2) is 30.9 Å². The fourth-order valence-corrected chi connectivity index (χ4v) is 4.05. The Labute approximate surface area is 184 Å². The lowest BCUT2D eigenvalue weighted by Gasteiger charge is -2.17. The molecule has 2 amide bonds. The van der Waals surface area contributed by atoms with E-state index in [-0.39, 0.29) is 35.4 Å². The molecule has 0 aromatic heterocycles. The van der Waals surface area contributed by atoms with Gasteiger partial charge in [-0.1, -0.05) is 35.9 Å². The van der Waals surface area contributed by atoms with Gasteiger partial charge in [0.25, 0.3) is 5.91 Å². The number of carbonyl (C=O) groups excluding carboxylic acids is 3. The highest BCUT2D eigenvalue weighted by Crippen LogP contribution is 2.37. The first kappa shape index (κ1) is 20.9. The van der Waals surface area contributed by atoms with Gasteiger partial charge in [-0.15, -0.1) is 0 Å². The number of carbonyl (C=O) groups is 3. The number of nitrogens with one attached hydrogen (secondary N) is 1. The summed E-state index contributed by atoms with van der Waals surface area (Å²) < 4.78 is 4.94. The van der Waals surface area contributed by atoms with Gasteiger partial charge in [0.05, 0.1) is 22.9 Å². The number of anilines is 2. The van der Waals surface area contributed by atoms with Crippen molar-refractivity contribution in [2.24, 2.45) is 0 Å². The van der Waals surface area contributed by atoms with E-state index in [1.54, 1.807) is 17.9 Å². The van der Waals surface area contributed by atoms with Gasteiger partial charge in [0.15, 0.2) is 0 Å². The summed E-state index contributed by atoms with van der Waals surface area (Å²) in [5.74, 6) is -0.729. The maximum absolute atomic E-state index is 12.8. The molecule has 0 radical (unpaired) electrons. The minimum absolute atomic E-state index is 0.0338. The van der Waals surface area contributed by atoms with Crippen LogP contribution in [0.15, 0.2) is 54.6 Å². The van der Waals surface area contributed by atoms with E-state index >= 15 is 0 Å². The number of halogens is 1. The number of hydrogen-bond acceptors (Lipinski definition) is 4. The van der Waals surface area contributed by atoms with Crippen molar-refractivity contribution in [3.63, 3.8) is 0 Å². The smallest absolute Gasteiger partial charge is 0.339 e. The van der Waals surface area contributed by atoms with Gasteiger partial charge in [-0.3, -0.25) is 9.59 Å². The molecular weight excluding hydrogens is 416 g/mol. The first-order valence-corrected chi connectivity index (χ1v) is 10.5. The molecule has 0 aliphatic carbocycles. The number of nitrogens with zero attached hydrogens (tertiary/aromatic N) is 1. The van der Waals surface area contributed by atoms with E-state index in [9.17, 15) is 14.4 Å². The summed E-state index contributed by atoms with van der Waals surface area (Å²) in [6.07, 6.45) is 0.754. The number of rotatable bonds is 7. The molecule has 1 N–H and O–H groups in total. The fourth-order valence-electron chi connectivity index (χ4n) is 3.79. The molecule has 158 valence electrons. The molecule has 7 heteroatoms. The molecule has 1 aliphatic heterocycles. The van der Waals surface area contributed by atoms with E-state index in [1.807, 2.05) is 36.4 Å². The average molecular weight is 437 g/mol. The summed E-state index contributed by atoms with van der Waals surface area (Å²) in [7, 11) is 0. The van der Waals surface area contributed by atoms with Crippen LogP contribution in [0, 0.1) is 0 Å². The van der Waals surface area contributed by atoms with Crippen molar-refractivity contribution in [2.75, 3.05) is 23.4 Å². The SMILES string of the molecule is CCOC(=O)c1ccc(NC(=O)CCCN2C(=O)c3cccc4cccc2c34)cc1Cl. The molecule has 0 atom stereocenters. The van der Waals surface area contributed by atoms with Crippen molar-refractivity contribution < 1.29 is 19.1 Å². The summed E-state index contributed by atoms with van der Waals surface area (Å²) in [6, 6.07) is 16.2. The van der Waals surface area contributed by atoms with Crippen molar-refractivity contribution in [3.05, 3.63) is 70.7 Å². The second-order valence-electron chi connectivity index (χ2n) is 7.20. The molecule has 0 fully saturated rings. The Morgan fingerprint density at radius 2 is 1.87 bits per heavy atom. The Bertz CT molecular complexity index is 1190. The van der Waals surface area contributed by atoms with E-state index in [4.69, 9.17) is 16.3 Å². The van der Waals surface area contributed by atoms with E-state index in [2.05, 4.69) is 5.32 Å². The standard InChI is InChI=1S/C24H21ClN2O4/c1-2-31-24(30)17-12-11-16(14-19(17)25)26-21(28)10-5-13-27-20-9-4-7-15-6-3-8-18(22(15)20)23(27)29/h3-4,6-9,11-12,14H,2,5,10,13H2,1H3,(H,26,28). The molecule has 6 nitrogen and oxygen atoms in total. The second kappa shape index (κ2) is 8.78. The monoisotopic (exact) mass is 436 g/mol. The summed E-state index contributed by atoms with van der Waals surface area (Å²) in [5, 5.41) is 4.99. The zero-order chi connectivity index (χ0) is 22.0. The van der Waals surface area contributed by atoms with Crippen molar-refractivity contribution in [1.82, 2.24) is 0 Å². The molecule has 0 spiro atoms. The maximum Gasteiger partial charge on any atom is 0.339 e. The molecule has 0 saturated heterocycles. The fraction of sp³-hybridized carbons (Fsp3) is 0.208. The molecule has 4 rings (SSSR count). The lowest BCUT2D eigenvalue weighted by atomic mass is 10.1. The Morgan fingerprint density at radius 1 is 1.10 bits per heavy atom. The van der Waals surface area contributed by atoms with Crippen LogP contribution in [0.2, 0.25) is 5.02 Å². The molecule has 1 heterocycles. The van der Waals surface area contributed by atoms with Crippen LogP contribution in [-0.2, 0) is 9.53 Å². The zero-order valence-corrected chi connectivity index (χ0v) is 17.7. The molecule has 0 unspecified atom stereocenters. The van der Waals surface area contributed by atoms with Crippen molar-refractivity contribution in [1.29, 1.82) is 0 Å². The van der Waals surface area contributed by atoms with Crippen LogP contribution in [0.4, 0.5) is 11.4 Å². The summed E-state index contributed by atoms with van der Waals surface area (Å²) in [6.45, 7) is 2.42. The van der Waals surface area contributed by atoms with Crippen LogP contribution in [0.25, 0.3) is 10.8 Å². The largest absolute Gasteiger partial charge is 0.462 e. The number of ether oxygens (including phenoxy) is 1. The Hall–Kier alpha value is -3.38. The number of benzene rings is 3. The van der Waals surface area contributed by atoms with Crippen LogP contribution in [0.1, 0.15) is 40.5 Å². The first-order chi connectivity index (χ1) is 15.0. The second-order valence-corrected chi connectivity index (χ2v) is 7.61. The minimum atomic E-state index is -0.503. The van der Waals surface area contributed by atoms with Crippen molar-refractivity contribution >= 4 is 51.5 Å². The summed E-state index contributed by atoms with van der Waals surface area (Å²) >= 11 is 6.14. The number of esters is 1. The zero-order valence-electron chi connectivity index (χ0n) is 17.0. The van der Waals surface area contributed by atoms with E-state index in [1.165, 1.54) is 12.1 Å². The topological polar surface area (TPSA) is 75.7 Å².